The first-order chi connectivity index (χ1) is 18.9. The van der Waals surface area contributed by atoms with Gasteiger partial charge in [0.15, 0.2) is 0 Å². The molecule has 0 aliphatic carbocycles. The Bertz CT molecular complexity index is 1210. The smallest absolute Gasteiger partial charge is 0.269 e. The number of nitro benzene ring substituents is 1. The van der Waals surface area contributed by atoms with Gasteiger partial charge in [0.05, 0.1) is 9.82 Å². The van der Waals surface area contributed by atoms with Crippen molar-refractivity contribution in [3.63, 3.8) is 0 Å². The van der Waals surface area contributed by atoms with E-state index in [1.165, 1.54) is 54.3 Å². The Labute approximate surface area is 230 Å². The molecule has 1 aromatic heterocycles. The average molecular weight is 558 g/mol. The predicted molar refractivity (Wildman–Crippen MR) is 150 cm³/mol. The summed E-state index contributed by atoms with van der Waals surface area (Å²) in [6, 6.07) is 7.72. The second-order valence-electron chi connectivity index (χ2n) is 10.9. The number of anilines is 2. The largest absolute Gasteiger partial charge is 0.356 e. The van der Waals surface area contributed by atoms with E-state index in [1.807, 2.05) is 12.3 Å². The molecule has 5 rings (SSSR count). The minimum atomic E-state index is -3.67. The van der Waals surface area contributed by atoms with Gasteiger partial charge in [-0.15, -0.1) is 0 Å². The Morgan fingerprint density at radius 1 is 0.872 bits per heavy atom. The van der Waals surface area contributed by atoms with Gasteiger partial charge in [-0.1, -0.05) is 19.3 Å². The van der Waals surface area contributed by atoms with Crippen molar-refractivity contribution in [3.05, 3.63) is 46.6 Å². The number of hydrogen-bond acceptors (Lipinski definition) is 9. The molecule has 12 heteroatoms. The van der Waals surface area contributed by atoms with Crippen molar-refractivity contribution in [2.45, 2.75) is 74.8 Å². The van der Waals surface area contributed by atoms with Crippen molar-refractivity contribution in [1.29, 1.82) is 0 Å². The SMILES string of the molecule is O=[N+]([O-])c1ccc(S(=O)(=O)N2CCC(N3CCCCC(Nc4nccc(N5CCCCCC5)n4)C3)CC2)cc1. The second kappa shape index (κ2) is 12.6. The van der Waals surface area contributed by atoms with E-state index < -0.39 is 14.9 Å². The van der Waals surface area contributed by atoms with Crippen LogP contribution >= 0.6 is 0 Å². The lowest BCUT2D eigenvalue weighted by molar-refractivity contribution is -0.384. The maximum Gasteiger partial charge on any atom is 0.269 e. The number of nitro groups is 1. The van der Waals surface area contributed by atoms with E-state index in [4.69, 9.17) is 4.98 Å². The maximum atomic E-state index is 13.1. The van der Waals surface area contributed by atoms with E-state index in [1.54, 1.807) is 0 Å². The highest BCUT2D eigenvalue weighted by molar-refractivity contribution is 7.89. The van der Waals surface area contributed by atoms with Crippen LogP contribution in [0.15, 0.2) is 41.4 Å². The molecule has 3 aliphatic heterocycles. The average Bonchev–Trinajstić information content (AvgIpc) is 3.37. The quantitative estimate of drug-likeness (QED) is 0.399. The highest BCUT2D eigenvalue weighted by Gasteiger charge is 2.33. The summed E-state index contributed by atoms with van der Waals surface area (Å²) < 4.78 is 27.8. The van der Waals surface area contributed by atoms with Crippen molar-refractivity contribution in [1.82, 2.24) is 19.2 Å². The van der Waals surface area contributed by atoms with Gasteiger partial charge in [-0.25, -0.2) is 13.4 Å². The molecule has 0 bridgehead atoms. The van der Waals surface area contributed by atoms with E-state index in [2.05, 4.69) is 20.1 Å². The highest BCUT2D eigenvalue weighted by atomic mass is 32.2. The van der Waals surface area contributed by atoms with E-state index in [-0.39, 0.29) is 16.6 Å². The molecule has 2 aromatic rings. The zero-order valence-corrected chi connectivity index (χ0v) is 23.3. The molecule has 1 unspecified atom stereocenters. The van der Waals surface area contributed by atoms with Crippen LogP contribution in [0.2, 0.25) is 0 Å². The van der Waals surface area contributed by atoms with E-state index in [0.717, 1.165) is 64.1 Å². The standard InChI is InChI=1S/C27H39N7O4S/c35-34(36)24-8-10-25(11-9-24)39(37,38)33-19-13-23(14-20-33)32-18-6-3-7-22(21-32)29-27-28-15-12-26(30-27)31-16-4-1-2-5-17-31/h8-12,15,22-23H,1-7,13-14,16-21H2,(H,28,29,30). The van der Waals surface area contributed by atoms with Gasteiger partial charge in [0.1, 0.15) is 5.82 Å². The first kappa shape index (κ1) is 27.7. The Morgan fingerprint density at radius 2 is 1.56 bits per heavy atom. The van der Waals surface area contributed by atoms with Crippen LogP contribution in [0.4, 0.5) is 17.5 Å². The molecule has 0 radical (unpaired) electrons. The number of non-ortho nitro benzene ring substituents is 1. The molecule has 0 spiro atoms. The number of nitrogens with one attached hydrogen (secondary N) is 1. The van der Waals surface area contributed by atoms with E-state index in [9.17, 15) is 18.5 Å². The lowest BCUT2D eigenvalue weighted by atomic mass is 10.0. The fraction of sp³-hybridized carbons (Fsp3) is 0.630. The number of rotatable bonds is 7. The fourth-order valence-electron chi connectivity index (χ4n) is 6.03. The van der Waals surface area contributed by atoms with Crippen molar-refractivity contribution in [3.8, 4) is 0 Å². The molecule has 1 N–H and O–H groups in total. The van der Waals surface area contributed by atoms with Crippen LogP contribution in [0, 0.1) is 10.1 Å². The Balaban J connectivity index is 1.18. The van der Waals surface area contributed by atoms with Gasteiger partial charge in [0.25, 0.3) is 5.69 Å². The number of likely N-dealkylation sites (tertiary alicyclic amines) is 1. The van der Waals surface area contributed by atoms with Crippen LogP contribution in [0.5, 0.6) is 0 Å². The summed E-state index contributed by atoms with van der Waals surface area (Å²) in [5.41, 5.74) is -0.115. The minimum Gasteiger partial charge on any atom is -0.356 e. The summed E-state index contributed by atoms with van der Waals surface area (Å²) in [6.07, 6.45) is 11.7. The summed E-state index contributed by atoms with van der Waals surface area (Å²) in [5, 5.41) is 14.5. The molecular weight excluding hydrogens is 518 g/mol. The fourth-order valence-corrected chi connectivity index (χ4v) is 7.50. The maximum absolute atomic E-state index is 13.1. The summed E-state index contributed by atoms with van der Waals surface area (Å²) in [6.45, 7) is 4.88. The summed E-state index contributed by atoms with van der Waals surface area (Å²) in [4.78, 5) is 24.8. The number of aromatic nitrogens is 2. The summed E-state index contributed by atoms with van der Waals surface area (Å²) in [5.74, 6) is 1.69. The molecule has 1 atom stereocenters. The lowest BCUT2D eigenvalue weighted by Crippen LogP contribution is -2.49. The molecule has 212 valence electrons. The van der Waals surface area contributed by atoms with Gasteiger partial charge < -0.3 is 10.2 Å². The second-order valence-corrected chi connectivity index (χ2v) is 12.8. The van der Waals surface area contributed by atoms with Crippen LogP contribution in [0.1, 0.15) is 57.8 Å². The molecule has 0 saturated carbocycles. The zero-order chi connectivity index (χ0) is 27.2. The number of nitrogens with zero attached hydrogens (tertiary/aromatic N) is 6. The normalized spacial score (nSPS) is 22.7. The molecule has 11 nitrogen and oxygen atoms in total. The van der Waals surface area contributed by atoms with Crippen LogP contribution in [0.3, 0.4) is 0 Å². The van der Waals surface area contributed by atoms with Gasteiger partial charge in [0, 0.05) is 63.1 Å². The highest BCUT2D eigenvalue weighted by Crippen LogP contribution is 2.27. The molecule has 3 saturated heterocycles. The topological polar surface area (TPSA) is 125 Å². The van der Waals surface area contributed by atoms with Crippen molar-refractivity contribution in [2.24, 2.45) is 0 Å². The van der Waals surface area contributed by atoms with Crippen LogP contribution in [-0.4, -0.2) is 83.9 Å². The van der Waals surface area contributed by atoms with Gasteiger partial charge >= 0.3 is 0 Å². The summed E-state index contributed by atoms with van der Waals surface area (Å²) >= 11 is 0. The first-order valence-corrected chi connectivity index (χ1v) is 15.7. The first-order valence-electron chi connectivity index (χ1n) is 14.2. The van der Waals surface area contributed by atoms with Crippen molar-refractivity contribution >= 4 is 27.5 Å². The van der Waals surface area contributed by atoms with Gasteiger partial charge in [-0.3, -0.25) is 15.0 Å². The number of piperidine rings is 1. The van der Waals surface area contributed by atoms with Gasteiger partial charge in [-0.05, 0) is 63.3 Å². The van der Waals surface area contributed by atoms with E-state index >= 15 is 0 Å². The Morgan fingerprint density at radius 3 is 2.26 bits per heavy atom. The molecule has 0 amide bonds. The van der Waals surface area contributed by atoms with Gasteiger partial charge in [0.2, 0.25) is 16.0 Å². The van der Waals surface area contributed by atoms with Crippen LogP contribution < -0.4 is 10.2 Å². The lowest BCUT2D eigenvalue weighted by Gasteiger charge is -2.38. The third-order valence-electron chi connectivity index (χ3n) is 8.23. The number of sulfonamides is 1. The molecule has 3 aliphatic rings. The Kier molecular flexibility index (Phi) is 8.93. The molecular formula is C27H39N7O4S. The zero-order valence-electron chi connectivity index (χ0n) is 22.4. The molecule has 1 aromatic carbocycles. The van der Waals surface area contributed by atoms with Crippen molar-refractivity contribution < 1.29 is 13.3 Å². The van der Waals surface area contributed by atoms with Crippen LogP contribution in [0.25, 0.3) is 0 Å². The van der Waals surface area contributed by atoms with Crippen molar-refractivity contribution in [2.75, 3.05) is 49.5 Å². The molecule has 39 heavy (non-hydrogen) atoms. The van der Waals surface area contributed by atoms with E-state index in [0.29, 0.717) is 25.1 Å². The molecule has 4 heterocycles. The van der Waals surface area contributed by atoms with Crippen LogP contribution in [-0.2, 0) is 10.0 Å². The van der Waals surface area contributed by atoms with Gasteiger partial charge in [-0.2, -0.15) is 9.29 Å². The predicted octanol–water partition coefficient (Wildman–Crippen LogP) is 3.88. The monoisotopic (exact) mass is 557 g/mol. The molecule has 3 fully saturated rings. The number of hydrogen-bond donors (Lipinski definition) is 1. The third kappa shape index (κ3) is 6.85. The minimum absolute atomic E-state index is 0.105. The third-order valence-corrected chi connectivity index (χ3v) is 10.1. The Hall–Kier alpha value is -2.83. The summed E-state index contributed by atoms with van der Waals surface area (Å²) in [7, 11) is -3.67. The number of benzene rings is 1.